The molecule has 28 heavy (non-hydrogen) atoms. The number of ether oxygens (including phenoxy) is 1. The number of benzene rings is 2. The first-order valence-corrected chi connectivity index (χ1v) is 9.28. The van der Waals surface area contributed by atoms with Crippen molar-refractivity contribution in [3.8, 4) is 0 Å². The van der Waals surface area contributed by atoms with Gasteiger partial charge in [0.1, 0.15) is 11.6 Å². The fourth-order valence-electron chi connectivity index (χ4n) is 3.50. The van der Waals surface area contributed by atoms with E-state index in [1.165, 1.54) is 24.3 Å². The second kappa shape index (κ2) is 9.73. The van der Waals surface area contributed by atoms with E-state index in [4.69, 9.17) is 4.74 Å². The van der Waals surface area contributed by atoms with Gasteiger partial charge >= 0.3 is 0 Å². The number of piperazine rings is 1. The Morgan fingerprint density at radius 3 is 1.89 bits per heavy atom. The van der Waals surface area contributed by atoms with E-state index < -0.39 is 12.6 Å². The number of halogens is 2. The van der Waals surface area contributed by atoms with Crippen LogP contribution in [-0.2, 0) is 9.53 Å². The Balaban J connectivity index is 1.66. The van der Waals surface area contributed by atoms with E-state index in [0.717, 1.165) is 37.3 Å². The molecule has 5 nitrogen and oxygen atoms in total. The fraction of sp³-hybridized carbons (Fsp3) is 0.381. The Morgan fingerprint density at radius 1 is 0.929 bits per heavy atom. The third kappa shape index (κ3) is 5.58. The number of hydrogen-bond donors (Lipinski definition) is 0. The van der Waals surface area contributed by atoms with Gasteiger partial charge in [-0.05, 0) is 35.4 Å². The van der Waals surface area contributed by atoms with Gasteiger partial charge in [-0.3, -0.25) is 9.80 Å². The zero-order chi connectivity index (χ0) is 19.9. The van der Waals surface area contributed by atoms with Gasteiger partial charge in [-0.25, -0.2) is 8.78 Å². The van der Waals surface area contributed by atoms with Crippen molar-refractivity contribution in [2.24, 2.45) is 0 Å². The molecule has 0 radical (unpaired) electrons. The van der Waals surface area contributed by atoms with Crippen LogP contribution in [0.15, 0.2) is 48.5 Å². The third-order valence-corrected chi connectivity index (χ3v) is 4.92. The molecule has 0 atom stereocenters. The standard InChI is InChI=1S/C21H24F2N2O3/c22-18-5-1-16(2-6-18)21(17-3-7-19(23)8-4-17)25-11-9-24(10-12-25)13-14-28-15-20(26)27/h1-8,21H,9-15H2,(H,26,27)/p-1. The second-order valence-electron chi connectivity index (χ2n) is 6.81. The van der Waals surface area contributed by atoms with Crippen LogP contribution in [0.1, 0.15) is 17.2 Å². The van der Waals surface area contributed by atoms with Crippen molar-refractivity contribution >= 4 is 5.97 Å². The van der Waals surface area contributed by atoms with Gasteiger partial charge in [0, 0.05) is 32.7 Å². The molecule has 0 aliphatic carbocycles. The summed E-state index contributed by atoms with van der Waals surface area (Å²) < 4.78 is 31.8. The monoisotopic (exact) mass is 389 g/mol. The summed E-state index contributed by atoms with van der Waals surface area (Å²) in [5.41, 5.74) is 1.91. The minimum absolute atomic E-state index is 0.0855. The largest absolute Gasteiger partial charge is 0.548 e. The molecule has 1 heterocycles. The Labute approximate surface area is 163 Å². The highest BCUT2D eigenvalue weighted by Crippen LogP contribution is 2.30. The highest BCUT2D eigenvalue weighted by Gasteiger charge is 2.26. The normalized spacial score (nSPS) is 15.8. The summed E-state index contributed by atoms with van der Waals surface area (Å²) in [6, 6.07) is 12.7. The molecule has 3 rings (SSSR count). The van der Waals surface area contributed by atoms with Crippen LogP contribution in [0, 0.1) is 11.6 Å². The molecule has 0 bridgehead atoms. The van der Waals surface area contributed by atoms with Gasteiger partial charge in [-0.15, -0.1) is 0 Å². The Hall–Kier alpha value is -2.35. The Kier molecular flexibility index (Phi) is 7.08. The molecule has 0 unspecified atom stereocenters. The van der Waals surface area contributed by atoms with Crippen molar-refractivity contribution in [2.75, 3.05) is 45.9 Å². The molecule has 0 spiro atoms. The van der Waals surface area contributed by atoms with E-state index in [1.54, 1.807) is 24.3 Å². The third-order valence-electron chi connectivity index (χ3n) is 4.92. The average Bonchev–Trinajstić information content (AvgIpc) is 2.69. The molecule has 0 amide bonds. The van der Waals surface area contributed by atoms with Crippen molar-refractivity contribution in [2.45, 2.75) is 6.04 Å². The lowest BCUT2D eigenvalue weighted by molar-refractivity contribution is -0.309. The van der Waals surface area contributed by atoms with Crippen molar-refractivity contribution in [1.29, 1.82) is 0 Å². The van der Waals surface area contributed by atoms with Crippen molar-refractivity contribution < 1.29 is 23.4 Å². The molecule has 150 valence electrons. The van der Waals surface area contributed by atoms with E-state index in [1.807, 2.05) is 0 Å². The highest BCUT2D eigenvalue weighted by molar-refractivity contribution is 5.65. The van der Waals surface area contributed by atoms with Crippen LogP contribution in [-0.4, -0.2) is 61.7 Å². The van der Waals surface area contributed by atoms with E-state index >= 15 is 0 Å². The zero-order valence-corrected chi connectivity index (χ0v) is 15.5. The summed E-state index contributed by atoms with van der Waals surface area (Å²) in [5.74, 6) is -1.79. The molecule has 1 aliphatic heterocycles. The Morgan fingerprint density at radius 2 is 1.43 bits per heavy atom. The SMILES string of the molecule is O=C([O-])COCCN1CCN(C(c2ccc(F)cc2)c2ccc(F)cc2)CC1. The van der Waals surface area contributed by atoms with Crippen molar-refractivity contribution in [1.82, 2.24) is 9.80 Å². The van der Waals surface area contributed by atoms with Gasteiger partial charge in [0.05, 0.1) is 25.2 Å². The van der Waals surface area contributed by atoms with Gasteiger partial charge in [0.25, 0.3) is 0 Å². The highest BCUT2D eigenvalue weighted by atomic mass is 19.1. The van der Waals surface area contributed by atoms with Gasteiger partial charge in [0.2, 0.25) is 0 Å². The fourth-order valence-corrected chi connectivity index (χ4v) is 3.50. The van der Waals surface area contributed by atoms with Crippen LogP contribution in [0.3, 0.4) is 0 Å². The summed E-state index contributed by atoms with van der Waals surface area (Å²) in [4.78, 5) is 14.9. The minimum Gasteiger partial charge on any atom is -0.548 e. The molecule has 1 aliphatic rings. The maximum absolute atomic E-state index is 13.4. The number of rotatable bonds is 8. The first kappa shape index (κ1) is 20.4. The molecular formula is C21H23F2N2O3-. The molecular weight excluding hydrogens is 366 g/mol. The van der Waals surface area contributed by atoms with Crippen molar-refractivity contribution in [3.63, 3.8) is 0 Å². The summed E-state index contributed by atoms with van der Waals surface area (Å²) in [6.45, 7) is 3.75. The zero-order valence-electron chi connectivity index (χ0n) is 15.5. The summed E-state index contributed by atoms with van der Waals surface area (Å²) >= 11 is 0. The number of carbonyl (C=O) groups is 1. The molecule has 0 aromatic heterocycles. The predicted molar refractivity (Wildman–Crippen MR) is 98.5 cm³/mol. The lowest BCUT2D eigenvalue weighted by Gasteiger charge is -2.39. The topological polar surface area (TPSA) is 55.8 Å². The lowest BCUT2D eigenvalue weighted by atomic mass is 9.96. The van der Waals surface area contributed by atoms with Gasteiger partial charge < -0.3 is 14.6 Å². The number of hydrogen-bond acceptors (Lipinski definition) is 5. The molecule has 2 aromatic carbocycles. The summed E-state index contributed by atoms with van der Waals surface area (Å²) in [7, 11) is 0. The van der Waals surface area contributed by atoms with Crippen LogP contribution in [0.5, 0.6) is 0 Å². The molecule has 1 fully saturated rings. The molecule has 7 heteroatoms. The Bertz CT molecular complexity index is 715. The van der Waals surface area contributed by atoms with E-state index in [2.05, 4.69) is 9.80 Å². The van der Waals surface area contributed by atoms with Crippen LogP contribution >= 0.6 is 0 Å². The van der Waals surface area contributed by atoms with Crippen LogP contribution in [0.2, 0.25) is 0 Å². The van der Waals surface area contributed by atoms with Crippen LogP contribution in [0.4, 0.5) is 8.78 Å². The predicted octanol–water partition coefficient (Wildman–Crippen LogP) is 1.44. The minimum atomic E-state index is -1.22. The lowest BCUT2D eigenvalue weighted by Crippen LogP contribution is -2.48. The first-order valence-electron chi connectivity index (χ1n) is 9.28. The number of carboxylic acid groups (broad SMARTS) is 1. The van der Waals surface area contributed by atoms with Gasteiger partial charge in [0.15, 0.2) is 0 Å². The van der Waals surface area contributed by atoms with Crippen LogP contribution < -0.4 is 5.11 Å². The number of nitrogens with zero attached hydrogens (tertiary/aromatic N) is 2. The quantitative estimate of drug-likeness (QED) is 0.640. The summed E-state index contributed by atoms with van der Waals surface area (Å²) in [6.07, 6.45) is 0. The molecule has 2 aromatic rings. The molecule has 0 saturated carbocycles. The van der Waals surface area contributed by atoms with Gasteiger partial charge in [-0.1, -0.05) is 24.3 Å². The van der Waals surface area contributed by atoms with E-state index in [9.17, 15) is 18.7 Å². The maximum Gasteiger partial charge on any atom is 0.123 e. The number of aliphatic carboxylic acids is 1. The van der Waals surface area contributed by atoms with E-state index in [0.29, 0.717) is 13.2 Å². The average molecular weight is 389 g/mol. The maximum atomic E-state index is 13.4. The van der Waals surface area contributed by atoms with Gasteiger partial charge in [-0.2, -0.15) is 0 Å². The van der Waals surface area contributed by atoms with Crippen LogP contribution in [0.25, 0.3) is 0 Å². The number of carbonyl (C=O) groups excluding carboxylic acids is 1. The van der Waals surface area contributed by atoms with Crippen molar-refractivity contribution in [3.05, 3.63) is 71.3 Å². The number of carboxylic acids is 1. The molecule has 1 saturated heterocycles. The summed E-state index contributed by atoms with van der Waals surface area (Å²) in [5, 5.41) is 10.4. The smallest absolute Gasteiger partial charge is 0.123 e. The second-order valence-corrected chi connectivity index (χ2v) is 6.81. The molecule has 0 N–H and O–H groups in total. The first-order chi connectivity index (χ1) is 13.5. The van der Waals surface area contributed by atoms with E-state index in [-0.39, 0.29) is 17.7 Å².